The Labute approximate surface area is 76.6 Å². The van der Waals surface area contributed by atoms with Crippen molar-refractivity contribution in [2.24, 2.45) is 0 Å². The molecule has 0 bridgehead atoms. The number of carboxylic acids is 1. The zero-order chi connectivity index (χ0) is 9.73. The monoisotopic (exact) mass is 190 g/mol. The lowest BCUT2D eigenvalue weighted by molar-refractivity contribution is -0.286. The van der Waals surface area contributed by atoms with Gasteiger partial charge in [0.15, 0.2) is 0 Å². The second-order valence-electron chi connectivity index (χ2n) is 2.96. The van der Waals surface area contributed by atoms with Crippen LogP contribution in [0.1, 0.15) is 12.8 Å². The average molecular weight is 190 g/mol. The third-order valence-electron chi connectivity index (χ3n) is 1.80. The first-order valence-corrected chi connectivity index (χ1v) is 4.17. The van der Waals surface area contributed by atoms with Crippen molar-refractivity contribution in [3.8, 4) is 0 Å². The first-order chi connectivity index (χ1) is 6.18. The van der Waals surface area contributed by atoms with Gasteiger partial charge in [0, 0.05) is 7.11 Å². The number of ether oxygens (including phenoxy) is 3. The quantitative estimate of drug-likeness (QED) is 0.688. The SMILES string of the molecule is COCC1(CC(=O)O)OCCCO1. The average Bonchev–Trinajstić information content (AvgIpc) is 2.04. The van der Waals surface area contributed by atoms with Crippen molar-refractivity contribution >= 4 is 5.97 Å². The summed E-state index contributed by atoms with van der Waals surface area (Å²) in [6.07, 6.45) is 0.617. The van der Waals surface area contributed by atoms with Crippen LogP contribution >= 0.6 is 0 Å². The van der Waals surface area contributed by atoms with E-state index in [1.807, 2.05) is 0 Å². The van der Waals surface area contributed by atoms with Crippen molar-refractivity contribution in [3.05, 3.63) is 0 Å². The van der Waals surface area contributed by atoms with Crippen LogP contribution in [0.4, 0.5) is 0 Å². The molecule has 0 aromatic heterocycles. The molecular formula is C8H14O5. The molecule has 0 aliphatic carbocycles. The molecule has 1 aliphatic heterocycles. The molecule has 1 rings (SSSR count). The van der Waals surface area contributed by atoms with Crippen molar-refractivity contribution in [2.75, 3.05) is 26.9 Å². The van der Waals surface area contributed by atoms with E-state index in [1.165, 1.54) is 7.11 Å². The zero-order valence-electron chi connectivity index (χ0n) is 7.62. The Balaban J connectivity index is 2.55. The van der Waals surface area contributed by atoms with Crippen LogP contribution in [0.25, 0.3) is 0 Å². The van der Waals surface area contributed by atoms with Gasteiger partial charge in [0.1, 0.15) is 13.0 Å². The van der Waals surface area contributed by atoms with Gasteiger partial charge in [-0.25, -0.2) is 0 Å². The van der Waals surface area contributed by atoms with Crippen LogP contribution in [-0.4, -0.2) is 43.8 Å². The second kappa shape index (κ2) is 4.55. The van der Waals surface area contributed by atoms with Gasteiger partial charge in [-0.1, -0.05) is 0 Å². The molecule has 1 N–H and O–H groups in total. The molecular weight excluding hydrogens is 176 g/mol. The number of hydrogen-bond donors (Lipinski definition) is 1. The molecule has 0 amide bonds. The summed E-state index contributed by atoms with van der Waals surface area (Å²) in [4.78, 5) is 10.5. The van der Waals surface area contributed by atoms with Gasteiger partial charge in [-0.2, -0.15) is 0 Å². The molecule has 0 aromatic carbocycles. The lowest BCUT2D eigenvalue weighted by Gasteiger charge is -2.35. The topological polar surface area (TPSA) is 65.0 Å². The van der Waals surface area contributed by atoms with Crippen molar-refractivity contribution in [1.82, 2.24) is 0 Å². The van der Waals surface area contributed by atoms with Gasteiger partial charge in [0.05, 0.1) is 13.2 Å². The lowest BCUT2D eigenvalue weighted by Crippen LogP contribution is -2.46. The summed E-state index contributed by atoms with van der Waals surface area (Å²) >= 11 is 0. The fourth-order valence-corrected chi connectivity index (χ4v) is 1.30. The summed E-state index contributed by atoms with van der Waals surface area (Å²) in [6.45, 7) is 1.20. The van der Waals surface area contributed by atoms with Crippen molar-refractivity contribution in [2.45, 2.75) is 18.6 Å². The van der Waals surface area contributed by atoms with Crippen LogP contribution < -0.4 is 0 Å². The fraction of sp³-hybridized carbons (Fsp3) is 0.875. The minimum absolute atomic E-state index is 0.152. The molecule has 0 radical (unpaired) electrons. The van der Waals surface area contributed by atoms with E-state index in [0.717, 1.165) is 6.42 Å². The number of hydrogen-bond acceptors (Lipinski definition) is 4. The Morgan fingerprint density at radius 2 is 2.15 bits per heavy atom. The Hall–Kier alpha value is -0.650. The molecule has 13 heavy (non-hydrogen) atoms. The van der Waals surface area contributed by atoms with E-state index in [1.54, 1.807) is 0 Å². The maximum Gasteiger partial charge on any atom is 0.308 e. The molecule has 1 fully saturated rings. The van der Waals surface area contributed by atoms with Crippen LogP contribution in [0.2, 0.25) is 0 Å². The lowest BCUT2D eigenvalue weighted by atomic mass is 10.2. The van der Waals surface area contributed by atoms with Gasteiger partial charge >= 0.3 is 5.97 Å². The number of methoxy groups -OCH3 is 1. The van der Waals surface area contributed by atoms with E-state index in [-0.39, 0.29) is 13.0 Å². The molecule has 5 heteroatoms. The molecule has 1 aliphatic rings. The third kappa shape index (κ3) is 2.95. The van der Waals surface area contributed by atoms with Gasteiger partial charge in [-0.05, 0) is 6.42 Å². The number of carboxylic acid groups (broad SMARTS) is 1. The molecule has 0 saturated carbocycles. The summed E-state index contributed by atoms with van der Waals surface area (Å²) in [7, 11) is 1.49. The van der Waals surface area contributed by atoms with Crippen molar-refractivity contribution in [3.63, 3.8) is 0 Å². The predicted octanol–water partition coefficient (Wildman–Crippen LogP) is 0.241. The number of aliphatic carboxylic acids is 1. The first kappa shape index (κ1) is 10.4. The highest BCUT2D eigenvalue weighted by atomic mass is 16.7. The molecule has 1 heterocycles. The van der Waals surface area contributed by atoms with Gasteiger partial charge < -0.3 is 19.3 Å². The normalized spacial score (nSPS) is 21.3. The van der Waals surface area contributed by atoms with E-state index in [0.29, 0.717) is 13.2 Å². The minimum atomic E-state index is -1.07. The third-order valence-corrected chi connectivity index (χ3v) is 1.80. The zero-order valence-corrected chi connectivity index (χ0v) is 7.62. The van der Waals surface area contributed by atoms with Gasteiger partial charge in [0.25, 0.3) is 0 Å². The smallest absolute Gasteiger partial charge is 0.308 e. The summed E-state index contributed by atoms with van der Waals surface area (Å²) in [5, 5.41) is 8.64. The summed E-state index contributed by atoms with van der Waals surface area (Å²) in [6, 6.07) is 0. The largest absolute Gasteiger partial charge is 0.481 e. The Kier molecular flexibility index (Phi) is 3.65. The van der Waals surface area contributed by atoms with Gasteiger partial charge in [-0.3, -0.25) is 4.79 Å². The van der Waals surface area contributed by atoms with E-state index >= 15 is 0 Å². The molecule has 0 atom stereocenters. The minimum Gasteiger partial charge on any atom is -0.481 e. The first-order valence-electron chi connectivity index (χ1n) is 4.17. The number of carbonyl (C=O) groups is 1. The van der Waals surface area contributed by atoms with Crippen LogP contribution in [0.5, 0.6) is 0 Å². The van der Waals surface area contributed by atoms with Crippen molar-refractivity contribution in [1.29, 1.82) is 0 Å². The van der Waals surface area contributed by atoms with Crippen molar-refractivity contribution < 1.29 is 24.1 Å². The van der Waals surface area contributed by atoms with E-state index in [9.17, 15) is 4.79 Å². The summed E-state index contributed by atoms with van der Waals surface area (Å²) < 4.78 is 15.4. The molecule has 1 saturated heterocycles. The van der Waals surface area contributed by atoms with Crippen LogP contribution in [0.3, 0.4) is 0 Å². The predicted molar refractivity (Wildman–Crippen MR) is 43.4 cm³/mol. The highest BCUT2D eigenvalue weighted by Gasteiger charge is 2.37. The Morgan fingerprint density at radius 1 is 1.54 bits per heavy atom. The van der Waals surface area contributed by atoms with E-state index < -0.39 is 11.8 Å². The summed E-state index contributed by atoms with van der Waals surface area (Å²) in [5.41, 5.74) is 0. The molecule has 76 valence electrons. The van der Waals surface area contributed by atoms with E-state index in [4.69, 9.17) is 19.3 Å². The van der Waals surface area contributed by atoms with Crippen LogP contribution in [0, 0.1) is 0 Å². The Morgan fingerprint density at radius 3 is 2.62 bits per heavy atom. The van der Waals surface area contributed by atoms with Gasteiger partial charge in [0.2, 0.25) is 5.79 Å². The number of rotatable bonds is 4. The Bertz CT molecular complexity index is 168. The van der Waals surface area contributed by atoms with Crippen LogP contribution in [0.15, 0.2) is 0 Å². The molecule has 0 aromatic rings. The van der Waals surface area contributed by atoms with Crippen LogP contribution in [-0.2, 0) is 19.0 Å². The molecule has 0 unspecified atom stereocenters. The van der Waals surface area contributed by atoms with Gasteiger partial charge in [-0.15, -0.1) is 0 Å². The standard InChI is InChI=1S/C8H14O5/c1-11-6-8(5-7(9)10)12-3-2-4-13-8/h2-6H2,1H3,(H,9,10). The fourth-order valence-electron chi connectivity index (χ4n) is 1.30. The summed E-state index contributed by atoms with van der Waals surface area (Å²) in [5.74, 6) is -2.02. The maximum atomic E-state index is 10.5. The molecule has 5 nitrogen and oxygen atoms in total. The molecule has 0 spiro atoms. The highest BCUT2D eigenvalue weighted by molar-refractivity contribution is 5.67. The maximum absolute atomic E-state index is 10.5. The second-order valence-corrected chi connectivity index (χ2v) is 2.96. The highest BCUT2D eigenvalue weighted by Crippen LogP contribution is 2.23. The van der Waals surface area contributed by atoms with E-state index in [2.05, 4.69) is 0 Å².